The summed E-state index contributed by atoms with van der Waals surface area (Å²) in [7, 11) is 0. The van der Waals surface area contributed by atoms with Gasteiger partial charge in [-0.05, 0) is 56.0 Å². The highest BCUT2D eigenvalue weighted by molar-refractivity contribution is 6.33. The van der Waals surface area contributed by atoms with Gasteiger partial charge in [-0.1, -0.05) is 41.0 Å². The van der Waals surface area contributed by atoms with E-state index in [1.54, 1.807) is 6.07 Å². The van der Waals surface area contributed by atoms with Crippen LogP contribution in [-0.2, 0) is 0 Å². The van der Waals surface area contributed by atoms with Gasteiger partial charge in [-0.15, -0.1) is 0 Å². The van der Waals surface area contributed by atoms with Gasteiger partial charge in [0, 0.05) is 30.3 Å². The second kappa shape index (κ2) is 8.25. The second-order valence-electron chi connectivity index (χ2n) is 7.38. The number of likely N-dealkylation sites (tertiary alicyclic amines) is 1. The number of hydrogen-bond donors (Lipinski definition) is 1. The number of nitrogens with zero attached hydrogens (tertiary/aromatic N) is 3. The second-order valence-corrected chi connectivity index (χ2v) is 7.78. The van der Waals surface area contributed by atoms with Gasteiger partial charge in [-0.25, -0.2) is 4.79 Å². The smallest absolute Gasteiger partial charge is 0.321 e. The molecule has 3 aromatic rings. The van der Waals surface area contributed by atoms with Crippen molar-refractivity contribution in [1.82, 2.24) is 15.0 Å². The number of rotatable bonds is 3. The number of urea groups is 1. The minimum Gasteiger partial charge on any atom is -0.339 e. The van der Waals surface area contributed by atoms with Crippen LogP contribution in [-0.4, -0.2) is 34.2 Å². The first kappa shape index (κ1) is 19.5. The number of halogens is 1. The van der Waals surface area contributed by atoms with Crippen molar-refractivity contribution in [2.75, 3.05) is 18.4 Å². The number of piperidine rings is 1. The Balaban J connectivity index is 1.38. The van der Waals surface area contributed by atoms with E-state index in [2.05, 4.69) is 15.5 Å². The molecule has 1 N–H and O–H groups in total. The number of hydrogen-bond acceptors (Lipinski definition) is 4. The average molecular weight is 411 g/mol. The molecule has 0 unspecified atom stereocenters. The molecular weight excluding hydrogens is 388 g/mol. The minimum absolute atomic E-state index is 0.0700. The number of carbonyl (C=O) groups is 1. The summed E-state index contributed by atoms with van der Waals surface area (Å²) in [4.78, 5) is 19.0. The maximum absolute atomic E-state index is 12.6. The minimum atomic E-state index is -0.0700. The van der Waals surface area contributed by atoms with Crippen molar-refractivity contribution in [3.05, 3.63) is 64.5 Å². The summed E-state index contributed by atoms with van der Waals surface area (Å²) in [6.45, 7) is 5.34. The van der Waals surface area contributed by atoms with Gasteiger partial charge < -0.3 is 14.7 Å². The van der Waals surface area contributed by atoms with Crippen LogP contribution in [0.4, 0.5) is 10.5 Å². The van der Waals surface area contributed by atoms with E-state index in [-0.39, 0.29) is 11.9 Å². The molecule has 0 radical (unpaired) electrons. The Kier molecular flexibility index (Phi) is 5.53. The van der Waals surface area contributed by atoms with Crippen LogP contribution in [0.1, 0.15) is 35.8 Å². The molecule has 2 aromatic carbocycles. The summed E-state index contributed by atoms with van der Waals surface area (Å²) in [5.74, 6) is 1.25. The van der Waals surface area contributed by atoms with Crippen LogP contribution >= 0.6 is 11.6 Å². The van der Waals surface area contributed by atoms with Crippen molar-refractivity contribution in [2.24, 2.45) is 0 Å². The molecular formula is C22H23ClN4O2. The molecule has 0 aliphatic carbocycles. The standard InChI is InChI=1S/C22H23ClN4O2/c1-14-6-5-9-19(15(14)2)24-22(28)27-12-10-16(11-13-27)21-25-20(26-29-21)17-7-3-4-8-18(17)23/h3-9,16H,10-13H2,1-2H3,(H,24,28). The highest BCUT2D eigenvalue weighted by atomic mass is 35.5. The molecule has 1 aliphatic rings. The van der Waals surface area contributed by atoms with Crippen LogP contribution < -0.4 is 5.32 Å². The number of benzene rings is 2. The molecule has 150 valence electrons. The Morgan fingerprint density at radius 2 is 1.90 bits per heavy atom. The zero-order valence-corrected chi connectivity index (χ0v) is 17.2. The van der Waals surface area contributed by atoms with Crippen LogP contribution in [0.2, 0.25) is 5.02 Å². The maximum Gasteiger partial charge on any atom is 0.321 e. The lowest BCUT2D eigenvalue weighted by Gasteiger charge is -2.30. The summed E-state index contributed by atoms with van der Waals surface area (Å²) in [5.41, 5.74) is 3.87. The first-order valence-corrected chi connectivity index (χ1v) is 10.1. The van der Waals surface area contributed by atoms with E-state index in [0.717, 1.165) is 35.2 Å². The van der Waals surface area contributed by atoms with E-state index in [0.29, 0.717) is 29.8 Å². The molecule has 0 spiro atoms. The largest absolute Gasteiger partial charge is 0.339 e. The van der Waals surface area contributed by atoms with Crippen LogP contribution in [0.3, 0.4) is 0 Å². The Morgan fingerprint density at radius 3 is 2.66 bits per heavy atom. The Hall–Kier alpha value is -2.86. The van der Waals surface area contributed by atoms with Gasteiger partial charge in [0.1, 0.15) is 0 Å². The van der Waals surface area contributed by atoms with Crippen molar-refractivity contribution < 1.29 is 9.32 Å². The molecule has 1 fully saturated rings. The monoisotopic (exact) mass is 410 g/mol. The summed E-state index contributed by atoms with van der Waals surface area (Å²) < 4.78 is 5.49. The number of aromatic nitrogens is 2. The lowest BCUT2D eigenvalue weighted by atomic mass is 9.97. The lowest BCUT2D eigenvalue weighted by Crippen LogP contribution is -2.40. The molecule has 1 aliphatic heterocycles. The fraction of sp³-hybridized carbons (Fsp3) is 0.318. The van der Waals surface area contributed by atoms with Gasteiger partial charge in [0.15, 0.2) is 0 Å². The Labute approximate surface area is 174 Å². The predicted molar refractivity (Wildman–Crippen MR) is 113 cm³/mol. The average Bonchev–Trinajstić information content (AvgIpc) is 3.22. The third-order valence-electron chi connectivity index (χ3n) is 5.53. The molecule has 0 atom stereocenters. The first-order valence-electron chi connectivity index (χ1n) is 9.73. The Bertz CT molecular complexity index is 1030. The van der Waals surface area contributed by atoms with Crippen molar-refractivity contribution in [3.63, 3.8) is 0 Å². The van der Waals surface area contributed by atoms with Crippen LogP contribution in [0.15, 0.2) is 47.0 Å². The van der Waals surface area contributed by atoms with Gasteiger partial charge in [-0.2, -0.15) is 4.98 Å². The fourth-order valence-electron chi connectivity index (χ4n) is 3.56. The number of nitrogens with one attached hydrogen (secondary N) is 1. The number of anilines is 1. The summed E-state index contributed by atoms with van der Waals surface area (Å²) in [5, 5.41) is 7.71. The Morgan fingerprint density at radius 1 is 1.14 bits per heavy atom. The molecule has 2 heterocycles. The van der Waals surface area contributed by atoms with Gasteiger partial charge >= 0.3 is 6.03 Å². The maximum atomic E-state index is 12.6. The number of carbonyl (C=O) groups excluding carboxylic acids is 1. The van der Waals surface area contributed by atoms with E-state index in [9.17, 15) is 4.79 Å². The molecule has 2 amide bonds. The van der Waals surface area contributed by atoms with Crippen LogP contribution in [0, 0.1) is 13.8 Å². The molecule has 0 saturated carbocycles. The van der Waals surface area contributed by atoms with Crippen LogP contribution in [0.25, 0.3) is 11.4 Å². The number of aryl methyl sites for hydroxylation is 1. The van der Waals surface area contributed by atoms with E-state index in [1.165, 1.54) is 0 Å². The van der Waals surface area contributed by atoms with Crippen molar-refractivity contribution in [2.45, 2.75) is 32.6 Å². The first-order chi connectivity index (χ1) is 14.0. The van der Waals surface area contributed by atoms with E-state index < -0.39 is 0 Å². The topological polar surface area (TPSA) is 71.3 Å². The predicted octanol–water partition coefficient (Wildman–Crippen LogP) is 5.42. The van der Waals surface area contributed by atoms with Crippen molar-refractivity contribution in [3.8, 4) is 11.4 Å². The molecule has 1 saturated heterocycles. The zero-order chi connectivity index (χ0) is 20.4. The third-order valence-corrected chi connectivity index (χ3v) is 5.86. The van der Waals surface area contributed by atoms with E-state index in [1.807, 2.05) is 55.1 Å². The van der Waals surface area contributed by atoms with Crippen molar-refractivity contribution >= 4 is 23.3 Å². The van der Waals surface area contributed by atoms with Crippen molar-refractivity contribution in [1.29, 1.82) is 0 Å². The zero-order valence-electron chi connectivity index (χ0n) is 16.5. The third kappa shape index (κ3) is 4.12. The summed E-state index contributed by atoms with van der Waals surface area (Å²) in [6.07, 6.45) is 1.56. The molecule has 0 bridgehead atoms. The highest BCUT2D eigenvalue weighted by Crippen LogP contribution is 2.31. The molecule has 29 heavy (non-hydrogen) atoms. The number of amides is 2. The van der Waals surface area contributed by atoms with E-state index in [4.69, 9.17) is 16.1 Å². The fourth-order valence-corrected chi connectivity index (χ4v) is 3.78. The van der Waals surface area contributed by atoms with Gasteiger partial charge in [0.2, 0.25) is 11.7 Å². The SMILES string of the molecule is Cc1cccc(NC(=O)N2CCC(c3nc(-c4ccccc4Cl)no3)CC2)c1C. The van der Waals surface area contributed by atoms with E-state index >= 15 is 0 Å². The van der Waals surface area contributed by atoms with Gasteiger partial charge in [0.25, 0.3) is 0 Å². The highest BCUT2D eigenvalue weighted by Gasteiger charge is 2.28. The molecule has 4 rings (SSSR count). The normalized spacial score (nSPS) is 14.8. The summed E-state index contributed by atoms with van der Waals surface area (Å²) in [6, 6.07) is 13.3. The summed E-state index contributed by atoms with van der Waals surface area (Å²) >= 11 is 6.22. The van der Waals surface area contributed by atoms with Crippen LogP contribution in [0.5, 0.6) is 0 Å². The quantitative estimate of drug-likeness (QED) is 0.625. The molecule has 7 heteroatoms. The van der Waals surface area contributed by atoms with Gasteiger partial charge in [0.05, 0.1) is 5.02 Å². The lowest BCUT2D eigenvalue weighted by molar-refractivity contribution is 0.187. The molecule has 6 nitrogen and oxygen atoms in total. The molecule has 1 aromatic heterocycles. The van der Waals surface area contributed by atoms with Gasteiger partial charge in [-0.3, -0.25) is 0 Å².